The summed E-state index contributed by atoms with van der Waals surface area (Å²) in [5, 5.41) is -6.55. The second-order valence-electron chi connectivity index (χ2n) is 7.43. The van der Waals surface area contributed by atoms with Crippen molar-refractivity contribution >= 4 is 10.8 Å². The SMILES string of the molecule is Fc1c(F)c(F)c2c(C(F)(F)C3(F)C(F)(F)C(F)(F)C(F)(F)C(F)(F)C3(F)F)c(F)c(F)c(F)c2c1F. The van der Waals surface area contributed by atoms with Gasteiger partial charge in [0.25, 0.3) is 0 Å². The lowest BCUT2D eigenvalue weighted by Gasteiger charge is -2.54. The molecule has 0 radical (unpaired) electrons. The maximum atomic E-state index is 15.0. The fourth-order valence-electron chi connectivity index (χ4n) is 3.58. The molecule has 0 saturated heterocycles. The van der Waals surface area contributed by atoms with Crippen molar-refractivity contribution in [2.24, 2.45) is 0 Å². The summed E-state index contributed by atoms with van der Waals surface area (Å²) in [6.45, 7) is 0. The predicted molar refractivity (Wildman–Crippen MR) is 76.1 cm³/mol. The van der Waals surface area contributed by atoms with Crippen molar-refractivity contribution in [1.82, 2.24) is 0 Å². The zero-order chi connectivity index (χ0) is 29.3. The summed E-state index contributed by atoms with van der Waals surface area (Å²) in [5.41, 5.74) is -12.8. The number of hydrogen-bond donors (Lipinski definition) is 0. The van der Waals surface area contributed by atoms with Crippen LogP contribution in [-0.4, -0.2) is 35.3 Å². The van der Waals surface area contributed by atoms with Crippen molar-refractivity contribution in [3.8, 4) is 0 Å². The lowest BCUT2D eigenvalue weighted by atomic mass is 9.67. The first-order chi connectivity index (χ1) is 16.2. The number of rotatable bonds is 2. The van der Waals surface area contributed by atoms with E-state index in [0.717, 1.165) is 0 Å². The predicted octanol–water partition coefficient (Wildman–Crippen LogP) is 7.80. The van der Waals surface area contributed by atoms with E-state index < -0.39 is 98.3 Å². The first kappa shape index (κ1) is 28.9. The summed E-state index contributed by atoms with van der Waals surface area (Å²) in [5.74, 6) is -74.2. The van der Waals surface area contributed by atoms with Crippen molar-refractivity contribution in [2.45, 2.75) is 41.2 Å². The van der Waals surface area contributed by atoms with Crippen LogP contribution in [0.25, 0.3) is 10.8 Å². The van der Waals surface area contributed by atoms with Crippen molar-refractivity contribution in [1.29, 1.82) is 0 Å². The Hall–Kier alpha value is -2.70. The molecule has 1 fully saturated rings. The average molecular weight is 584 g/mol. The van der Waals surface area contributed by atoms with Crippen LogP contribution in [0.5, 0.6) is 0 Å². The molecule has 208 valence electrons. The molecule has 37 heavy (non-hydrogen) atoms. The number of halogens is 20. The van der Waals surface area contributed by atoms with Crippen LogP contribution >= 0.6 is 0 Å². The van der Waals surface area contributed by atoms with Gasteiger partial charge in [0.15, 0.2) is 40.7 Å². The lowest BCUT2D eigenvalue weighted by molar-refractivity contribution is -0.507. The van der Waals surface area contributed by atoms with Gasteiger partial charge in [-0.2, -0.15) is 52.7 Å². The van der Waals surface area contributed by atoms with Gasteiger partial charge in [0.2, 0.25) is 0 Å². The number of benzene rings is 2. The Morgan fingerprint density at radius 2 is 0.622 bits per heavy atom. The molecule has 0 heterocycles. The summed E-state index contributed by atoms with van der Waals surface area (Å²) < 4.78 is 279. The molecule has 0 aliphatic heterocycles. The van der Waals surface area contributed by atoms with Crippen LogP contribution in [-0.2, 0) is 5.92 Å². The summed E-state index contributed by atoms with van der Waals surface area (Å²) in [6.07, 6.45) is 0. The van der Waals surface area contributed by atoms with Crippen LogP contribution in [0.2, 0.25) is 0 Å². The van der Waals surface area contributed by atoms with Gasteiger partial charge in [0.1, 0.15) is 0 Å². The maximum absolute atomic E-state index is 15.0. The Bertz CT molecular complexity index is 1280. The first-order valence-corrected chi connectivity index (χ1v) is 8.53. The Kier molecular flexibility index (Phi) is 5.64. The van der Waals surface area contributed by atoms with Gasteiger partial charge in [-0.3, -0.25) is 0 Å². The molecule has 0 nitrogen and oxygen atoms in total. The zero-order valence-corrected chi connectivity index (χ0v) is 16.1. The minimum atomic E-state index is -8.52. The molecule has 2 aromatic carbocycles. The average Bonchev–Trinajstić information content (AvgIpc) is 2.77. The molecule has 1 aliphatic rings. The fraction of sp³-hybridized carbons (Fsp3) is 0.412. The molecule has 1 saturated carbocycles. The Labute approximate surface area is 187 Å². The molecule has 0 spiro atoms. The van der Waals surface area contributed by atoms with E-state index in [0.29, 0.717) is 0 Å². The summed E-state index contributed by atoms with van der Waals surface area (Å²) in [6, 6.07) is 0. The third-order valence-corrected chi connectivity index (χ3v) is 5.53. The summed E-state index contributed by atoms with van der Waals surface area (Å²) in [7, 11) is 0. The quantitative estimate of drug-likeness (QED) is 0.192. The fourth-order valence-corrected chi connectivity index (χ4v) is 3.58. The van der Waals surface area contributed by atoms with Crippen LogP contribution in [0, 0.1) is 40.7 Å². The van der Waals surface area contributed by atoms with Gasteiger partial charge in [0, 0.05) is 5.39 Å². The van der Waals surface area contributed by atoms with Crippen LogP contribution in [0.1, 0.15) is 5.56 Å². The Morgan fingerprint density at radius 3 is 0.973 bits per heavy atom. The van der Waals surface area contributed by atoms with Crippen LogP contribution in [0.4, 0.5) is 87.8 Å². The number of alkyl halides is 13. The molecule has 2 aromatic rings. The largest absolute Gasteiger partial charge is 0.384 e. The second-order valence-corrected chi connectivity index (χ2v) is 7.43. The van der Waals surface area contributed by atoms with Gasteiger partial charge in [-0.25, -0.2) is 35.1 Å². The van der Waals surface area contributed by atoms with Crippen LogP contribution < -0.4 is 0 Å². The highest BCUT2D eigenvalue weighted by molar-refractivity contribution is 5.89. The molecule has 20 heteroatoms. The van der Waals surface area contributed by atoms with Gasteiger partial charge in [-0.15, -0.1) is 0 Å². The highest BCUT2D eigenvalue weighted by Crippen LogP contribution is 2.74. The van der Waals surface area contributed by atoms with Gasteiger partial charge < -0.3 is 0 Å². The molecule has 0 amide bonds. The van der Waals surface area contributed by atoms with E-state index in [9.17, 15) is 87.8 Å². The third kappa shape index (κ3) is 2.68. The molecule has 3 rings (SSSR count). The van der Waals surface area contributed by atoms with E-state index >= 15 is 0 Å². The summed E-state index contributed by atoms with van der Waals surface area (Å²) in [4.78, 5) is 0. The molecule has 0 N–H and O–H groups in total. The highest BCUT2D eigenvalue weighted by Gasteiger charge is 3.05. The minimum absolute atomic E-state index is 3.10. The minimum Gasteiger partial charge on any atom is -0.223 e. The van der Waals surface area contributed by atoms with E-state index in [1.807, 2.05) is 0 Å². The van der Waals surface area contributed by atoms with Gasteiger partial charge in [-0.1, -0.05) is 0 Å². The molecule has 0 unspecified atom stereocenters. The standard InChI is InChI=1S/C17F20/c18-4-1-2(6(20)10(24)9(4)23)5(19)8(22)7(21)3(1)11(25,26)12(27)13(28,29)15(32,33)17(36,37)16(34,35)14(12,30)31. The third-order valence-electron chi connectivity index (χ3n) is 5.53. The highest BCUT2D eigenvalue weighted by atomic mass is 19.4. The van der Waals surface area contributed by atoms with E-state index in [-0.39, 0.29) is 0 Å². The second kappa shape index (κ2) is 7.23. The van der Waals surface area contributed by atoms with Gasteiger partial charge in [-0.05, 0) is 0 Å². The van der Waals surface area contributed by atoms with Crippen LogP contribution in [0.15, 0.2) is 0 Å². The van der Waals surface area contributed by atoms with Crippen molar-refractivity contribution < 1.29 is 87.8 Å². The van der Waals surface area contributed by atoms with E-state index in [4.69, 9.17) is 0 Å². The van der Waals surface area contributed by atoms with Gasteiger partial charge in [0.05, 0.1) is 10.9 Å². The lowest BCUT2D eigenvalue weighted by Crippen LogP contribution is -2.86. The smallest absolute Gasteiger partial charge is 0.223 e. The van der Waals surface area contributed by atoms with E-state index in [2.05, 4.69) is 0 Å². The molecule has 0 atom stereocenters. The normalized spacial score (nSPS) is 23.4. The topological polar surface area (TPSA) is 0 Å². The van der Waals surface area contributed by atoms with Crippen molar-refractivity contribution in [3.63, 3.8) is 0 Å². The maximum Gasteiger partial charge on any atom is 0.384 e. The number of fused-ring (bicyclic) bond motifs is 1. The van der Waals surface area contributed by atoms with Crippen LogP contribution in [0.3, 0.4) is 0 Å². The molecular weight excluding hydrogens is 584 g/mol. The molecule has 1 aliphatic carbocycles. The van der Waals surface area contributed by atoms with E-state index in [1.54, 1.807) is 0 Å². The van der Waals surface area contributed by atoms with E-state index in [1.165, 1.54) is 0 Å². The van der Waals surface area contributed by atoms with Gasteiger partial charge >= 0.3 is 41.2 Å². The Balaban J connectivity index is 2.68. The van der Waals surface area contributed by atoms with Crippen molar-refractivity contribution in [2.75, 3.05) is 0 Å². The molecular formula is C17F20. The molecule has 0 aromatic heterocycles. The number of hydrogen-bond acceptors (Lipinski definition) is 0. The summed E-state index contributed by atoms with van der Waals surface area (Å²) >= 11 is 0. The monoisotopic (exact) mass is 584 g/mol. The first-order valence-electron chi connectivity index (χ1n) is 8.53. The molecule has 0 bridgehead atoms. The Morgan fingerprint density at radius 1 is 0.351 bits per heavy atom. The van der Waals surface area contributed by atoms with Crippen molar-refractivity contribution in [3.05, 3.63) is 46.3 Å². The zero-order valence-electron chi connectivity index (χ0n) is 16.1.